The van der Waals surface area contributed by atoms with Gasteiger partial charge in [-0.3, -0.25) is 4.79 Å². The van der Waals surface area contributed by atoms with Crippen LogP contribution in [-0.4, -0.2) is 61.0 Å². The van der Waals surface area contributed by atoms with Gasteiger partial charge in [0.05, 0.1) is 38.4 Å². The zero-order chi connectivity index (χ0) is 29.2. The number of nitrogens with one attached hydrogen (secondary N) is 2. The number of methoxy groups -OCH3 is 3. The Hall–Kier alpha value is -4.99. The molecule has 10 heteroatoms. The van der Waals surface area contributed by atoms with Crippen LogP contribution in [0.25, 0.3) is 16.9 Å². The Bertz CT molecular complexity index is 1450. The van der Waals surface area contributed by atoms with Crippen molar-refractivity contribution < 1.29 is 23.8 Å². The summed E-state index contributed by atoms with van der Waals surface area (Å²) in [7, 11) is 4.68. The molecule has 0 saturated heterocycles. The Kier molecular flexibility index (Phi) is 9.82. The smallest absolute Gasteiger partial charge is 0.322 e. The first-order valence-corrected chi connectivity index (χ1v) is 13.3. The summed E-state index contributed by atoms with van der Waals surface area (Å²) in [6, 6.07) is 23.6. The third-order valence-corrected chi connectivity index (χ3v) is 6.42. The Balaban J connectivity index is 1.56. The van der Waals surface area contributed by atoms with E-state index < -0.39 is 6.03 Å². The molecule has 0 aliphatic rings. The lowest BCUT2D eigenvalue weighted by molar-refractivity contribution is -0.116. The highest BCUT2D eigenvalue weighted by molar-refractivity contribution is 5.97. The number of nitrogens with zero attached hydrogens (tertiary/aromatic N) is 3. The molecule has 2 N–H and O–H groups in total. The van der Waals surface area contributed by atoms with Crippen LogP contribution in [0.15, 0.2) is 78.9 Å². The maximum atomic E-state index is 13.3. The summed E-state index contributed by atoms with van der Waals surface area (Å²) in [5, 5.41) is 10.6. The summed E-state index contributed by atoms with van der Waals surface area (Å²) in [4.78, 5) is 28.1. The van der Waals surface area contributed by atoms with E-state index in [9.17, 15) is 9.59 Å². The number of rotatable bonds is 12. The van der Waals surface area contributed by atoms with Crippen LogP contribution in [0, 0.1) is 0 Å². The maximum Gasteiger partial charge on any atom is 0.322 e. The molecule has 0 fully saturated rings. The average Bonchev–Trinajstić information content (AvgIpc) is 3.43. The molecule has 10 nitrogen and oxygen atoms in total. The van der Waals surface area contributed by atoms with Crippen molar-refractivity contribution in [2.45, 2.75) is 19.8 Å². The molecule has 0 aliphatic heterocycles. The largest absolute Gasteiger partial charge is 0.497 e. The van der Waals surface area contributed by atoms with Crippen molar-refractivity contribution in [2.24, 2.45) is 0 Å². The number of carbonyl (C=O) groups excluding carboxylic acids is 2. The molecule has 0 spiro atoms. The molecule has 1 heterocycles. The molecule has 41 heavy (non-hydrogen) atoms. The number of urea groups is 1. The molecule has 0 radical (unpaired) electrons. The summed E-state index contributed by atoms with van der Waals surface area (Å²) in [6.07, 6.45) is 1.60. The van der Waals surface area contributed by atoms with Crippen LogP contribution in [0.4, 0.5) is 16.3 Å². The molecule has 214 valence electrons. The number of benzene rings is 3. The topological polar surface area (TPSA) is 107 Å². The fourth-order valence-electron chi connectivity index (χ4n) is 4.19. The minimum absolute atomic E-state index is 0.154. The van der Waals surface area contributed by atoms with Gasteiger partial charge < -0.3 is 29.7 Å². The first-order valence-electron chi connectivity index (χ1n) is 13.3. The summed E-state index contributed by atoms with van der Waals surface area (Å²) in [5.74, 6) is 1.89. The number of hydrogen-bond donors (Lipinski definition) is 2. The summed E-state index contributed by atoms with van der Waals surface area (Å²) in [5.41, 5.74) is 2.83. The van der Waals surface area contributed by atoms with Gasteiger partial charge in [-0.1, -0.05) is 43.7 Å². The van der Waals surface area contributed by atoms with Gasteiger partial charge in [-0.15, -0.1) is 0 Å². The number of ether oxygens (including phenoxy) is 3. The van der Waals surface area contributed by atoms with E-state index in [2.05, 4.69) is 10.6 Å². The SMILES string of the molecule is CCCCN(CC(=O)Nc1cc(-c2ccccc2)nn1-c1ccc(OC)cc1)C(=O)Nc1ccc(OC)cc1OC. The fourth-order valence-corrected chi connectivity index (χ4v) is 4.19. The lowest BCUT2D eigenvalue weighted by Crippen LogP contribution is -2.41. The van der Waals surface area contributed by atoms with Crippen LogP contribution in [0.1, 0.15) is 19.8 Å². The monoisotopic (exact) mass is 557 g/mol. The van der Waals surface area contributed by atoms with E-state index >= 15 is 0 Å². The van der Waals surface area contributed by atoms with Crippen LogP contribution in [0.5, 0.6) is 17.2 Å². The Morgan fingerprint density at radius 2 is 1.56 bits per heavy atom. The van der Waals surface area contributed by atoms with Gasteiger partial charge in [-0.25, -0.2) is 9.48 Å². The molecule has 0 atom stereocenters. The predicted molar refractivity (Wildman–Crippen MR) is 159 cm³/mol. The van der Waals surface area contributed by atoms with E-state index in [4.69, 9.17) is 19.3 Å². The molecular weight excluding hydrogens is 522 g/mol. The minimum Gasteiger partial charge on any atom is -0.497 e. The van der Waals surface area contributed by atoms with E-state index in [-0.39, 0.29) is 12.5 Å². The quantitative estimate of drug-likeness (QED) is 0.227. The first-order chi connectivity index (χ1) is 19.9. The number of hydrogen-bond acceptors (Lipinski definition) is 6. The van der Waals surface area contributed by atoms with Crippen molar-refractivity contribution in [3.8, 4) is 34.2 Å². The third kappa shape index (κ3) is 7.36. The van der Waals surface area contributed by atoms with E-state index in [0.717, 1.165) is 24.1 Å². The Morgan fingerprint density at radius 1 is 0.854 bits per heavy atom. The van der Waals surface area contributed by atoms with Crippen LogP contribution in [0.3, 0.4) is 0 Å². The zero-order valence-corrected chi connectivity index (χ0v) is 23.7. The highest BCUT2D eigenvalue weighted by atomic mass is 16.5. The summed E-state index contributed by atoms with van der Waals surface area (Å²) >= 11 is 0. The lowest BCUT2D eigenvalue weighted by atomic mass is 10.1. The highest BCUT2D eigenvalue weighted by Crippen LogP contribution is 2.29. The number of carbonyl (C=O) groups is 2. The standard InChI is InChI=1S/C31H35N5O5/c1-5-6-18-35(31(38)32-26-17-16-25(40-3)19-28(26)41-4)21-30(37)33-29-20-27(22-10-8-7-9-11-22)34-36(29)23-12-14-24(39-2)15-13-23/h7-17,19-20H,5-6,18,21H2,1-4H3,(H,32,38)(H,33,37). The third-order valence-electron chi connectivity index (χ3n) is 6.42. The van der Waals surface area contributed by atoms with Gasteiger partial charge >= 0.3 is 6.03 Å². The molecule has 0 bridgehead atoms. The normalized spacial score (nSPS) is 10.5. The van der Waals surface area contributed by atoms with Crippen molar-refractivity contribution in [2.75, 3.05) is 45.1 Å². The van der Waals surface area contributed by atoms with Gasteiger partial charge in [0.25, 0.3) is 0 Å². The van der Waals surface area contributed by atoms with Crippen LogP contribution < -0.4 is 24.8 Å². The second-order valence-electron chi connectivity index (χ2n) is 9.21. The Morgan fingerprint density at radius 3 is 2.22 bits per heavy atom. The van der Waals surface area contributed by atoms with E-state index in [1.165, 1.54) is 12.0 Å². The second kappa shape index (κ2) is 13.9. The van der Waals surface area contributed by atoms with Gasteiger partial charge in [0.15, 0.2) is 0 Å². The van der Waals surface area contributed by atoms with Crippen molar-refractivity contribution in [3.05, 3.63) is 78.9 Å². The van der Waals surface area contributed by atoms with E-state index in [1.54, 1.807) is 37.1 Å². The molecule has 4 aromatic rings. The average molecular weight is 558 g/mol. The zero-order valence-electron chi connectivity index (χ0n) is 23.7. The van der Waals surface area contributed by atoms with Crippen LogP contribution in [0.2, 0.25) is 0 Å². The molecular formula is C31H35N5O5. The van der Waals surface area contributed by atoms with Gasteiger partial charge in [-0.05, 0) is 42.8 Å². The number of amides is 3. The lowest BCUT2D eigenvalue weighted by Gasteiger charge is -2.23. The van der Waals surface area contributed by atoms with E-state index in [0.29, 0.717) is 41.0 Å². The number of anilines is 2. The summed E-state index contributed by atoms with van der Waals surface area (Å²) in [6.45, 7) is 2.28. The van der Waals surface area contributed by atoms with Crippen molar-refractivity contribution in [1.82, 2.24) is 14.7 Å². The molecule has 0 unspecified atom stereocenters. The summed E-state index contributed by atoms with van der Waals surface area (Å²) < 4.78 is 17.6. The van der Waals surface area contributed by atoms with Crippen molar-refractivity contribution in [1.29, 1.82) is 0 Å². The Labute approximate surface area is 239 Å². The van der Waals surface area contributed by atoms with Crippen LogP contribution in [-0.2, 0) is 4.79 Å². The van der Waals surface area contributed by atoms with Crippen LogP contribution >= 0.6 is 0 Å². The molecule has 3 aromatic carbocycles. The molecule has 0 aliphatic carbocycles. The fraction of sp³-hybridized carbons (Fsp3) is 0.258. The van der Waals surface area contributed by atoms with Crippen molar-refractivity contribution in [3.63, 3.8) is 0 Å². The van der Waals surface area contributed by atoms with Crippen molar-refractivity contribution >= 4 is 23.4 Å². The highest BCUT2D eigenvalue weighted by Gasteiger charge is 2.21. The molecule has 1 aromatic heterocycles. The second-order valence-corrected chi connectivity index (χ2v) is 9.21. The van der Waals surface area contributed by atoms with Gasteiger partial charge in [0.2, 0.25) is 5.91 Å². The predicted octanol–water partition coefficient (Wildman–Crippen LogP) is 5.84. The number of aromatic nitrogens is 2. The first kappa shape index (κ1) is 29.0. The van der Waals surface area contributed by atoms with Gasteiger partial charge in [-0.2, -0.15) is 5.10 Å². The molecule has 0 saturated carbocycles. The minimum atomic E-state index is -0.411. The maximum absolute atomic E-state index is 13.3. The number of unbranched alkanes of at least 4 members (excludes halogenated alkanes) is 1. The van der Waals surface area contributed by atoms with Gasteiger partial charge in [0, 0.05) is 24.2 Å². The molecule has 3 amide bonds. The van der Waals surface area contributed by atoms with E-state index in [1.807, 2.05) is 67.6 Å². The molecule has 4 rings (SSSR count). The van der Waals surface area contributed by atoms with Gasteiger partial charge in [0.1, 0.15) is 29.6 Å².